The van der Waals surface area contributed by atoms with E-state index < -0.39 is 0 Å². The third-order valence-electron chi connectivity index (χ3n) is 5.19. The molecule has 0 aliphatic heterocycles. The van der Waals surface area contributed by atoms with Gasteiger partial charge in [0.05, 0.1) is 0 Å². The van der Waals surface area contributed by atoms with Crippen LogP contribution in [0.15, 0.2) is 29.4 Å². The summed E-state index contributed by atoms with van der Waals surface area (Å²) in [5.41, 5.74) is 5.60. The van der Waals surface area contributed by atoms with E-state index in [1.54, 1.807) is 11.8 Å². The van der Waals surface area contributed by atoms with Crippen molar-refractivity contribution in [2.45, 2.75) is 45.6 Å². The van der Waals surface area contributed by atoms with Crippen LogP contribution >= 0.6 is 11.8 Å². The minimum Gasteiger partial charge on any atom is -0.363 e. The van der Waals surface area contributed by atoms with E-state index in [1.807, 2.05) is 14.1 Å². The molecular formula is C23H33N5S. The van der Waals surface area contributed by atoms with Crippen LogP contribution in [0.1, 0.15) is 37.9 Å². The Labute approximate surface area is 179 Å². The molecule has 0 amide bonds. The fraction of sp³-hybridized carbons (Fsp3) is 0.478. The molecule has 156 valence electrons. The van der Waals surface area contributed by atoms with Crippen LogP contribution in [-0.4, -0.2) is 47.8 Å². The number of fused-ring (bicyclic) bond motifs is 1. The molecule has 29 heavy (non-hydrogen) atoms. The van der Waals surface area contributed by atoms with E-state index in [1.165, 1.54) is 16.9 Å². The van der Waals surface area contributed by atoms with Gasteiger partial charge < -0.3 is 9.80 Å². The largest absolute Gasteiger partial charge is 0.363 e. The first-order valence-electron chi connectivity index (χ1n) is 10.4. The molecule has 0 fully saturated rings. The Hall–Kier alpha value is -2.21. The first-order valence-corrected chi connectivity index (χ1v) is 11.6. The lowest BCUT2D eigenvalue weighted by Gasteiger charge is -2.24. The van der Waals surface area contributed by atoms with E-state index in [0.717, 1.165) is 53.7 Å². The van der Waals surface area contributed by atoms with Gasteiger partial charge in [-0.3, -0.25) is 4.40 Å². The maximum Gasteiger partial charge on any atom is 0.147 e. The second kappa shape index (κ2) is 9.08. The number of hydrogen-bond acceptors (Lipinski definition) is 5. The van der Waals surface area contributed by atoms with Crippen LogP contribution in [-0.2, 0) is 0 Å². The second-order valence-corrected chi connectivity index (χ2v) is 8.49. The van der Waals surface area contributed by atoms with Gasteiger partial charge in [-0.15, -0.1) is 11.8 Å². The van der Waals surface area contributed by atoms with Crippen LogP contribution in [0.4, 0.5) is 11.6 Å². The molecule has 0 radical (unpaired) electrons. The Kier molecular flexibility index (Phi) is 6.73. The maximum absolute atomic E-state index is 5.08. The van der Waals surface area contributed by atoms with Crippen LogP contribution in [0.2, 0.25) is 0 Å². The lowest BCUT2D eigenvalue weighted by atomic mass is 10.00. The van der Waals surface area contributed by atoms with Crippen LogP contribution in [0, 0.1) is 13.8 Å². The van der Waals surface area contributed by atoms with Crippen molar-refractivity contribution in [1.29, 1.82) is 0 Å². The zero-order chi connectivity index (χ0) is 21.1. The molecule has 0 N–H and O–H groups in total. The maximum atomic E-state index is 5.08. The second-order valence-electron chi connectivity index (χ2n) is 7.70. The summed E-state index contributed by atoms with van der Waals surface area (Å²) in [4.78, 5) is 14.4. The van der Waals surface area contributed by atoms with E-state index in [4.69, 9.17) is 9.97 Å². The first-order chi connectivity index (χ1) is 13.9. The monoisotopic (exact) mass is 411 g/mol. The number of anilines is 2. The predicted octanol–water partition coefficient (Wildman–Crippen LogP) is 5.43. The van der Waals surface area contributed by atoms with Gasteiger partial charge in [-0.1, -0.05) is 13.8 Å². The number of rotatable bonds is 8. The van der Waals surface area contributed by atoms with Gasteiger partial charge in [-0.25, -0.2) is 9.97 Å². The van der Waals surface area contributed by atoms with Crippen molar-refractivity contribution in [2.24, 2.45) is 0 Å². The summed E-state index contributed by atoms with van der Waals surface area (Å²) in [6.45, 7) is 10.8. The third kappa shape index (κ3) is 4.08. The standard InChI is InChI=1S/C23H33N5S/c1-8-12-27(13-9-2)23-22(29-7)25-21-18(11-10-14-28(21)23)20-16(3)15-19(26(5)6)24-17(20)4/h10-11,14-15H,8-9,12-13H2,1-7H3. The minimum atomic E-state index is 0.988. The number of thioether (sulfide) groups is 1. The molecule has 0 aliphatic rings. The molecule has 3 rings (SSSR count). The van der Waals surface area contributed by atoms with Gasteiger partial charge in [-0.05, 0) is 56.7 Å². The molecular weight excluding hydrogens is 378 g/mol. The number of imidazole rings is 1. The average Bonchev–Trinajstić information content (AvgIpc) is 3.06. The molecule has 5 nitrogen and oxygen atoms in total. The first kappa shape index (κ1) is 21.5. The van der Waals surface area contributed by atoms with E-state index in [-0.39, 0.29) is 0 Å². The number of hydrogen-bond donors (Lipinski definition) is 0. The Morgan fingerprint density at radius 1 is 1.07 bits per heavy atom. The fourth-order valence-corrected chi connectivity index (χ4v) is 4.55. The minimum absolute atomic E-state index is 0.988. The van der Waals surface area contributed by atoms with Gasteiger partial charge in [0.2, 0.25) is 0 Å². The smallest absolute Gasteiger partial charge is 0.147 e. The van der Waals surface area contributed by atoms with Crippen LogP contribution in [0.3, 0.4) is 0 Å². The lowest BCUT2D eigenvalue weighted by molar-refractivity contribution is 0.723. The van der Waals surface area contributed by atoms with Crippen LogP contribution < -0.4 is 9.80 Å². The van der Waals surface area contributed by atoms with Gasteiger partial charge in [0.15, 0.2) is 0 Å². The molecule has 0 atom stereocenters. The highest BCUT2D eigenvalue weighted by Gasteiger charge is 2.21. The normalized spacial score (nSPS) is 11.3. The van der Waals surface area contributed by atoms with Gasteiger partial charge in [0.1, 0.15) is 22.3 Å². The SMILES string of the molecule is CCCN(CCC)c1c(SC)nc2c(-c3c(C)cc(N(C)C)nc3C)cccn12. The summed E-state index contributed by atoms with van der Waals surface area (Å²) in [6, 6.07) is 6.46. The molecule has 3 heterocycles. The fourth-order valence-electron chi connectivity index (χ4n) is 3.97. The number of aromatic nitrogens is 3. The molecule has 3 aromatic heterocycles. The van der Waals surface area contributed by atoms with E-state index in [0.29, 0.717) is 0 Å². The zero-order valence-electron chi connectivity index (χ0n) is 18.8. The zero-order valence-corrected chi connectivity index (χ0v) is 19.6. The number of pyridine rings is 2. The van der Waals surface area contributed by atoms with Gasteiger partial charge >= 0.3 is 0 Å². The summed E-state index contributed by atoms with van der Waals surface area (Å²) in [6.07, 6.45) is 6.50. The summed E-state index contributed by atoms with van der Waals surface area (Å²) >= 11 is 1.72. The highest BCUT2D eigenvalue weighted by molar-refractivity contribution is 7.98. The molecule has 0 spiro atoms. The Morgan fingerprint density at radius 3 is 2.31 bits per heavy atom. The number of nitrogens with zero attached hydrogens (tertiary/aromatic N) is 5. The molecule has 0 unspecified atom stereocenters. The highest BCUT2D eigenvalue weighted by Crippen LogP contribution is 2.36. The van der Waals surface area contributed by atoms with Crippen LogP contribution in [0.5, 0.6) is 0 Å². The van der Waals surface area contributed by atoms with Crippen molar-refractivity contribution in [3.63, 3.8) is 0 Å². The quantitative estimate of drug-likeness (QED) is 0.462. The van der Waals surface area contributed by atoms with Crippen molar-refractivity contribution in [3.8, 4) is 11.1 Å². The van der Waals surface area contributed by atoms with Gasteiger partial charge in [-0.2, -0.15) is 0 Å². The van der Waals surface area contributed by atoms with Crippen LogP contribution in [0.25, 0.3) is 16.8 Å². The van der Waals surface area contributed by atoms with Crippen molar-refractivity contribution < 1.29 is 0 Å². The average molecular weight is 412 g/mol. The number of aryl methyl sites for hydroxylation is 2. The van der Waals surface area contributed by atoms with E-state index >= 15 is 0 Å². The van der Waals surface area contributed by atoms with Crippen molar-refractivity contribution >= 4 is 29.0 Å². The molecule has 0 aromatic carbocycles. The summed E-state index contributed by atoms with van der Waals surface area (Å²) in [7, 11) is 4.06. The van der Waals surface area contributed by atoms with E-state index in [2.05, 4.69) is 72.5 Å². The molecule has 0 saturated heterocycles. The summed E-state index contributed by atoms with van der Waals surface area (Å²) in [5.74, 6) is 2.20. The topological polar surface area (TPSA) is 36.7 Å². The van der Waals surface area contributed by atoms with Crippen molar-refractivity contribution in [1.82, 2.24) is 14.4 Å². The van der Waals surface area contributed by atoms with Gasteiger partial charge in [0, 0.05) is 50.2 Å². The molecule has 0 aliphatic carbocycles. The predicted molar refractivity (Wildman–Crippen MR) is 127 cm³/mol. The van der Waals surface area contributed by atoms with Gasteiger partial charge in [0.25, 0.3) is 0 Å². The third-order valence-corrected chi connectivity index (χ3v) is 5.85. The van der Waals surface area contributed by atoms with Crippen molar-refractivity contribution in [3.05, 3.63) is 35.7 Å². The van der Waals surface area contributed by atoms with Crippen molar-refractivity contribution in [2.75, 3.05) is 43.2 Å². The summed E-state index contributed by atoms with van der Waals surface area (Å²) in [5, 5.41) is 1.09. The Balaban J connectivity index is 2.25. The lowest BCUT2D eigenvalue weighted by Crippen LogP contribution is -2.26. The molecule has 0 saturated carbocycles. The highest BCUT2D eigenvalue weighted by atomic mass is 32.2. The van der Waals surface area contributed by atoms with E-state index in [9.17, 15) is 0 Å². The Morgan fingerprint density at radius 2 is 1.76 bits per heavy atom. The Bertz CT molecular complexity index is 963. The molecule has 6 heteroatoms. The summed E-state index contributed by atoms with van der Waals surface area (Å²) < 4.78 is 2.27. The molecule has 0 bridgehead atoms. The molecule has 3 aromatic rings.